The molecular weight excluding hydrogens is 413 g/mol. The van der Waals surface area contributed by atoms with Crippen LogP contribution >= 0.6 is 0 Å². The number of rotatable bonds is 7. The summed E-state index contributed by atoms with van der Waals surface area (Å²) in [6.07, 6.45) is 6.75. The van der Waals surface area contributed by atoms with Gasteiger partial charge in [0.1, 0.15) is 5.82 Å². The zero-order valence-corrected chi connectivity index (χ0v) is 19.1. The molecule has 33 heavy (non-hydrogen) atoms. The Bertz CT molecular complexity index is 1020. The Morgan fingerprint density at radius 2 is 1.82 bits per heavy atom. The third kappa shape index (κ3) is 4.68. The maximum atomic E-state index is 13.5. The molecule has 0 bridgehead atoms. The molecule has 2 aliphatic heterocycles. The minimum absolute atomic E-state index is 0.143. The summed E-state index contributed by atoms with van der Waals surface area (Å²) in [5, 5.41) is 9.47. The zero-order chi connectivity index (χ0) is 22.8. The van der Waals surface area contributed by atoms with Gasteiger partial charge in [-0.2, -0.15) is 5.26 Å². The van der Waals surface area contributed by atoms with Crippen molar-refractivity contribution >= 4 is 5.91 Å². The third-order valence-corrected chi connectivity index (χ3v) is 8.12. The lowest BCUT2D eigenvalue weighted by molar-refractivity contribution is -0.0529. The summed E-state index contributed by atoms with van der Waals surface area (Å²) in [5.74, 6) is 1.84. The van der Waals surface area contributed by atoms with Crippen molar-refractivity contribution in [1.29, 1.82) is 5.26 Å². The van der Waals surface area contributed by atoms with Crippen LogP contribution < -0.4 is 0 Å². The molecule has 1 aliphatic carbocycles. The maximum Gasteiger partial charge on any atom is 0.254 e. The molecule has 2 saturated heterocycles. The SMILES string of the molecule is N#CCC1(N2CCC(CCC3CC3c3ccccc3)CC2)CN(C(=O)c2cccc(F)c2)C1. The van der Waals surface area contributed by atoms with Crippen LogP contribution in [0.15, 0.2) is 54.6 Å². The second-order valence-electron chi connectivity index (χ2n) is 10.3. The van der Waals surface area contributed by atoms with E-state index in [1.54, 1.807) is 17.0 Å². The van der Waals surface area contributed by atoms with Gasteiger partial charge in [-0.05, 0) is 80.3 Å². The van der Waals surface area contributed by atoms with Crippen molar-refractivity contribution in [2.75, 3.05) is 26.2 Å². The van der Waals surface area contributed by atoms with Crippen molar-refractivity contribution in [3.8, 4) is 6.07 Å². The highest BCUT2D eigenvalue weighted by atomic mass is 19.1. The standard InChI is InChI=1S/C28H32FN3O/c29-25-8-4-7-24(17-25)27(33)31-19-28(20-31,13-14-30)32-15-11-21(12-16-32)9-10-23-18-26(23)22-5-2-1-3-6-22/h1-8,17,21,23,26H,9-13,15-16,18-20H2. The first-order chi connectivity index (χ1) is 16.1. The van der Waals surface area contributed by atoms with Crippen LogP contribution in [-0.4, -0.2) is 47.4 Å². The van der Waals surface area contributed by atoms with E-state index in [9.17, 15) is 14.4 Å². The van der Waals surface area contributed by atoms with Crippen molar-refractivity contribution in [2.45, 2.75) is 50.0 Å². The molecule has 3 fully saturated rings. The van der Waals surface area contributed by atoms with Crippen molar-refractivity contribution in [1.82, 2.24) is 9.80 Å². The van der Waals surface area contributed by atoms with E-state index in [1.165, 1.54) is 49.8 Å². The fourth-order valence-corrected chi connectivity index (χ4v) is 6.00. The fraction of sp³-hybridized carbons (Fsp3) is 0.500. The second kappa shape index (κ2) is 9.27. The Kier molecular flexibility index (Phi) is 6.21. The number of nitriles is 1. The number of likely N-dealkylation sites (tertiary alicyclic amines) is 2. The van der Waals surface area contributed by atoms with Crippen molar-refractivity contribution in [3.05, 3.63) is 71.5 Å². The number of hydrogen-bond acceptors (Lipinski definition) is 3. The number of piperidine rings is 1. The van der Waals surface area contributed by atoms with Crippen LogP contribution in [0.1, 0.15) is 60.4 Å². The quantitative estimate of drug-likeness (QED) is 0.586. The topological polar surface area (TPSA) is 47.3 Å². The molecule has 3 aliphatic rings. The average Bonchev–Trinajstić information content (AvgIpc) is 3.60. The fourth-order valence-electron chi connectivity index (χ4n) is 6.00. The number of amides is 1. The first-order valence-corrected chi connectivity index (χ1v) is 12.3. The molecule has 172 valence electrons. The van der Waals surface area contributed by atoms with Crippen LogP contribution in [0.25, 0.3) is 0 Å². The molecule has 0 radical (unpaired) electrons. The highest BCUT2D eigenvalue weighted by molar-refractivity contribution is 5.95. The van der Waals surface area contributed by atoms with Crippen molar-refractivity contribution < 1.29 is 9.18 Å². The van der Waals surface area contributed by atoms with E-state index in [-0.39, 0.29) is 11.4 Å². The summed E-state index contributed by atoms with van der Waals surface area (Å²) in [6.45, 7) is 3.12. The Labute approximate surface area is 196 Å². The van der Waals surface area contributed by atoms with Crippen molar-refractivity contribution in [2.24, 2.45) is 11.8 Å². The molecule has 0 spiro atoms. The summed E-state index contributed by atoms with van der Waals surface area (Å²) < 4.78 is 13.5. The number of carbonyl (C=O) groups is 1. The number of hydrogen-bond donors (Lipinski definition) is 0. The van der Waals surface area contributed by atoms with Crippen LogP contribution in [0.5, 0.6) is 0 Å². The molecule has 5 rings (SSSR count). The van der Waals surface area contributed by atoms with Gasteiger partial charge in [0.05, 0.1) is 18.0 Å². The Morgan fingerprint density at radius 1 is 1.06 bits per heavy atom. The number of carbonyl (C=O) groups excluding carboxylic acids is 1. The smallest absolute Gasteiger partial charge is 0.254 e. The number of benzene rings is 2. The predicted octanol–water partition coefficient (Wildman–Crippen LogP) is 5.23. The van der Waals surface area contributed by atoms with Gasteiger partial charge in [0.25, 0.3) is 5.91 Å². The molecular formula is C28H32FN3O. The van der Waals surface area contributed by atoms with E-state index >= 15 is 0 Å². The monoisotopic (exact) mass is 445 g/mol. The predicted molar refractivity (Wildman–Crippen MR) is 126 cm³/mol. The van der Waals surface area contributed by atoms with E-state index in [2.05, 4.69) is 41.3 Å². The Balaban J connectivity index is 1.10. The lowest BCUT2D eigenvalue weighted by Crippen LogP contribution is -2.72. The zero-order valence-electron chi connectivity index (χ0n) is 19.1. The molecule has 2 aromatic carbocycles. The summed E-state index contributed by atoms with van der Waals surface area (Å²) in [6, 6.07) is 19.1. The van der Waals surface area contributed by atoms with E-state index in [4.69, 9.17) is 0 Å². The summed E-state index contributed by atoms with van der Waals surface area (Å²) in [4.78, 5) is 17.0. The van der Waals surface area contributed by atoms with E-state index in [1.807, 2.05) is 0 Å². The largest absolute Gasteiger partial charge is 0.335 e. The van der Waals surface area contributed by atoms with Crippen LogP contribution in [0.3, 0.4) is 0 Å². The van der Waals surface area contributed by atoms with Crippen molar-refractivity contribution in [3.63, 3.8) is 0 Å². The number of halogens is 1. The first kappa shape index (κ1) is 22.1. The van der Waals surface area contributed by atoms with Crippen LogP contribution in [0, 0.1) is 29.0 Å². The summed E-state index contributed by atoms with van der Waals surface area (Å²) in [7, 11) is 0. The molecule has 2 aromatic rings. The van der Waals surface area contributed by atoms with Gasteiger partial charge < -0.3 is 4.90 Å². The van der Waals surface area contributed by atoms with Crippen LogP contribution in [0.4, 0.5) is 4.39 Å². The molecule has 0 N–H and O–H groups in total. The summed E-state index contributed by atoms with van der Waals surface area (Å²) >= 11 is 0. The minimum atomic E-state index is -0.395. The van der Waals surface area contributed by atoms with E-state index < -0.39 is 5.82 Å². The van der Waals surface area contributed by atoms with Gasteiger partial charge in [-0.25, -0.2) is 4.39 Å². The number of nitrogens with zero attached hydrogens (tertiary/aromatic N) is 3. The summed E-state index contributed by atoms with van der Waals surface area (Å²) in [5.41, 5.74) is 1.64. The lowest BCUT2D eigenvalue weighted by Gasteiger charge is -2.56. The molecule has 2 heterocycles. The third-order valence-electron chi connectivity index (χ3n) is 8.12. The Hall–Kier alpha value is -2.71. The van der Waals surface area contributed by atoms with Gasteiger partial charge >= 0.3 is 0 Å². The van der Waals surface area contributed by atoms with Gasteiger partial charge in [-0.15, -0.1) is 0 Å². The Morgan fingerprint density at radius 3 is 2.52 bits per heavy atom. The lowest BCUT2D eigenvalue weighted by atomic mass is 9.80. The maximum absolute atomic E-state index is 13.5. The molecule has 1 amide bonds. The normalized spacial score (nSPS) is 24.7. The minimum Gasteiger partial charge on any atom is -0.335 e. The molecule has 2 atom stereocenters. The van der Waals surface area contributed by atoms with Gasteiger partial charge in [-0.3, -0.25) is 9.69 Å². The first-order valence-electron chi connectivity index (χ1n) is 12.3. The van der Waals surface area contributed by atoms with Crippen LogP contribution in [0.2, 0.25) is 0 Å². The second-order valence-corrected chi connectivity index (χ2v) is 10.3. The highest BCUT2D eigenvalue weighted by Gasteiger charge is 2.50. The molecule has 4 nitrogen and oxygen atoms in total. The van der Waals surface area contributed by atoms with Crippen LogP contribution in [-0.2, 0) is 0 Å². The average molecular weight is 446 g/mol. The van der Waals surface area contributed by atoms with Gasteiger partial charge in [0.15, 0.2) is 0 Å². The molecule has 5 heteroatoms. The van der Waals surface area contributed by atoms with Gasteiger partial charge in [-0.1, -0.05) is 42.8 Å². The molecule has 1 saturated carbocycles. The van der Waals surface area contributed by atoms with E-state index in [0.29, 0.717) is 25.1 Å². The van der Waals surface area contributed by atoms with E-state index in [0.717, 1.165) is 30.8 Å². The highest BCUT2D eigenvalue weighted by Crippen LogP contribution is 2.51. The molecule has 2 unspecified atom stereocenters. The van der Waals surface area contributed by atoms with Gasteiger partial charge in [0, 0.05) is 18.7 Å². The molecule has 0 aromatic heterocycles. The van der Waals surface area contributed by atoms with Gasteiger partial charge in [0.2, 0.25) is 0 Å².